The first-order chi connectivity index (χ1) is 6.06. The average molecular weight is 185 g/mol. The molecule has 0 aromatic carbocycles. The highest BCUT2D eigenvalue weighted by atomic mass is 16.4. The lowest BCUT2D eigenvalue weighted by atomic mass is 9.99. The van der Waals surface area contributed by atoms with Crippen LogP contribution in [0.15, 0.2) is 12.7 Å². The first-order valence-electron chi connectivity index (χ1n) is 4.66. The highest BCUT2D eigenvalue weighted by molar-refractivity contribution is 5.78. The zero-order valence-corrected chi connectivity index (χ0v) is 8.47. The smallest absolute Gasteiger partial charge is 0.323 e. The van der Waals surface area contributed by atoms with E-state index in [1.807, 2.05) is 13.0 Å². The van der Waals surface area contributed by atoms with E-state index in [0.717, 1.165) is 19.4 Å². The molecule has 0 fully saturated rings. The van der Waals surface area contributed by atoms with Crippen molar-refractivity contribution in [3.8, 4) is 0 Å². The summed E-state index contributed by atoms with van der Waals surface area (Å²) in [7, 11) is 0. The number of aliphatic carboxylic acids is 1. The zero-order valence-electron chi connectivity index (χ0n) is 8.47. The van der Waals surface area contributed by atoms with E-state index in [1.54, 1.807) is 6.92 Å². The summed E-state index contributed by atoms with van der Waals surface area (Å²) in [5.74, 6) is -0.784. The molecule has 0 aliphatic carbocycles. The third-order valence-electron chi connectivity index (χ3n) is 2.28. The molecule has 3 heteroatoms. The second kappa shape index (κ2) is 5.75. The van der Waals surface area contributed by atoms with Crippen molar-refractivity contribution in [3.05, 3.63) is 12.7 Å². The van der Waals surface area contributed by atoms with Crippen LogP contribution in [-0.2, 0) is 4.79 Å². The van der Waals surface area contributed by atoms with Crippen LogP contribution in [0.25, 0.3) is 0 Å². The predicted molar refractivity (Wildman–Crippen MR) is 53.8 cm³/mol. The minimum absolute atomic E-state index is 0.594. The van der Waals surface area contributed by atoms with E-state index in [1.165, 1.54) is 0 Å². The molecular formula is C10H19NO2. The lowest BCUT2D eigenvalue weighted by molar-refractivity contribution is -0.144. The monoisotopic (exact) mass is 185 g/mol. The van der Waals surface area contributed by atoms with Crippen molar-refractivity contribution in [1.82, 2.24) is 5.32 Å². The highest BCUT2D eigenvalue weighted by Gasteiger charge is 2.29. The Morgan fingerprint density at radius 1 is 1.69 bits per heavy atom. The number of carboxylic acid groups (broad SMARTS) is 1. The predicted octanol–water partition coefficient (Wildman–Crippen LogP) is 1.80. The molecule has 1 atom stereocenters. The number of carboxylic acids is 1. The Kier molecular flexibility index (Phi) is 5.39. The molecule has 0 saturated carbocycles. The minimum Gasteiger partial charge on any atom is -0.480 e. The molecule has 76 valence electrons. The molecule has 2 N–H and O–H groups in total. The Morgan fingerprint density at radius 3 is 2.69 bits per heavy atom. The number of carbonyl (C=O) groups is 1. The Balaban J connectivity index is 3.84. The van der Waals surface area contributed by atoms with E-state index in [2.05, 4.69) is 11.9 Å². The van der Waals surface area contributed by atoms with Crippen molar-refractivity contribution < 1.29 is 9.90 Å². The molecule has 0 rings (SSSR count). The summed E-state index contributed by atoms with van der Waals surface area (Å²) >= 11 is 0. The van der Waals surface area contributed by atoms with Crippen LogP contribution in [0.2, 0.25) is 0 Å². The van der Waals surface area contributed by atoms with Crippen molar-refractivity contribution in [2.24, 2.45) is 0 Å². The van der Waals surface area contributed by atoms with Gasteiger partial charge in [-0.2, -0.15) is 0 Å². The van der Waals surface area contributed by atoms with E-state index in [0.29, 0.717) is 6.42 Å². The summed E-state index contributed by atoms with van der Waals surface area (Å²) in [6.45, 7) is 7.91. The van der Waals surface area contributed by atoms with Gasteiger partial charge in [-0.1, -0.05) is 13.0 Å². The van der Waals surface area contributed by atoms with Gasteiger partial charge in [0.1, 0.15) is 5.54 Å². The van der Waals surface area contributed by atoms with Gasteiger partial charge >= 0.3 is 5.97 Å². The number of unbranched alkanes of at least 4 members (excludes halogenated alkanes) is 1. The lowest BCUT2D eigenvalue weighted by Gasteiger charge is -2.24. The maximum absolute atomic E-state index is 10.8. The molecule has 0 aliphatic rings. The summed E-state index contributed by atoms with van der Waals surface area (Å²) < 4.78 is 0. The summed E-state index contributed by atoms with van der Waals surface area (Å²) in [6.07, 6.45) is 4.29. The fraction of sp³-hybridized carbons (Fsp3) is 0.700. The standard InChI is InChI=1S/C10H19NO2/c1-4-6-7-8-11-10(3,5-2)9(12)13/h4,11H,1,5-8H2,2-3H3,(H,12,13). The fourth-order valence-electron chi connectivity index (χ4n) is 0.963. The van der Waals surface area contributed by atoms with E-state index < -0.39 is 11.5 Å². The van der Waals surface area contributed by atoms with Crippen LogP contribution in [0.1, 0.15) is 33.1 Å². The van der Waals surface area contributed by atoms with Crippen molar-refractivity contribution in [1.29, 1.82) is 0 Å². The summed E-state index contributed by atoms with van der Waals surface area (Å²) in [5, 5.41) is 11.9. The van der Waals surface area contributed by atoms with Crippen molar-refractivity contribution in [2.45, 2.75) is 38.6 Å². The zero-order chi connectivity index (χ0) is 10.3. The molecule has 3 nitrogen and oxygen atoms in total. The molecule has 1 unspecified atom stereocenters. The van der Waals surface area contributed by atoms with E-state index in [9.17, 15) is 4.79 Å². The van der Waals surface area contributed by atoms with E-state index >= 15 is 0 Å². The first kappa shape index (κ1) is 12.2. The van der Waals surface area contributed by atoms with Gasteiger partial charge < -0.3 is 10.4 Å². The van der Waals surface area contributed by atoms with Gasteiger partial charge in [0.25, 0.3) is 0 Å². The van der Waals surface area contributed by atoms with Gasteiger partial charge in [-0.25, -0.2) is 0 Å². The van der Waals surface area contributed by atoms with Gasteiger partial charge in [-0.3, -0.25) is 4.79 Å². The normalized spacial score (nSPS) is 14.9. The third kappa shape index (κ3) is 4.08. The minimum atomic E-state index is -0.784. The van der Waals surface area contributed by atoms with Gasteiger partial charge in [-0.15, -0.1) is 6.58 Å². The van der Waals surface area contributed by atoms with Gasteiger partial charge in [0.2, 0.25) is 0 Å². The van der Waals surface area contributed by atoms with Crippen LogP contribution < -0.4 is 5.32 Å². The molecule has 0 aromatic rings. The SMILES string of the molecule is C=CCCCNC(C)(CC)C(=O)O. The molecule has 0 heterocycles. The molecule has 0 aromatic heterocycles. The number of hydrogen-bond donors (Lipinski definition) is 2. The molecule has 0 aliphatic heterocycles. The molecule has 0 spiro atoms. The number of hydrogen-bond acceptors (Lipinski definition) is 2. The maximum Gasteiger partial charge on any atom is 0.323 e. The maximum atomic E-state index is 10.8. The largest absolute Gasteiger partial charge is 0.480 e. The van der Waals surface area contributed by atoms with Gasteiger partial charge in [0.05, 0.1) is 0 Å². The first-order valence-corrected chi connectivity index (χ1v) is 4.66. The Bertz CT molecular complexity index is 180. The van der Waals surface area contributed by atoms with E-state index in [4.69, 9.17) is 5.11 Å². The van der Waals surface area contributed by atoms with Crippen LogP contribution >= 0.6 is 0 Å². The van der Waals surface area contributed by atoms with Gasteiger partial charge in [-0.05, 0) is 32.7 Å². The second-order valence-corrected chi connectivity index (χ2v) is 3.35. The summed E-state index contributed by atoms with van der Waals surface area (Å²) in [6, 6.07) is 0. The van der Waals surface area contributed by atoms with Crippen molar-refractivity contribution in [3.63, 3.8) is 0 Å². The van der Waals surface area contributed by atoms with Crippen LogP contribution in [-0.4, -0.2) is 23.2 Å². The van der Waals surface area contributed by atoms with E-state index in [-0.39, 0.29) is 0 Å². The molecule has 0 amide bonds. The van der Waals surface area contributed by atoms with Crippen LogP contribution in [0.5, 0.6) is 0 Å². The summed E-state index contributed by atoms with van der Waals surface area (Å²) in [5.41, 5.74) is -0.777. The third-order valence-corrected chi connectivity index (χ3v) is 2.28. The number of rotatable bonds is 7. The molecular weight excluding hydrogens is 166 g/mol. The van der Waals surface area contributed by atoms with Gasteiger partial charge in [0, 0.05) is 0 Å². The molecule has 0 radical (unpaired) electrons. The average Bonchev–Trinajstić information content (AvgIpc) is 2.12. The van der Waals surface area contributed by atoms with Gasteiger partial charge in [0.15, 0.2) is 0 Å². The highest BCUT2D eigenvalue weighted by Crippen LogP contribution is 2.08. The van der Waals surface area contributed by atoms with Crippen LogP contribution in [0.3, 0.4) is 0 Å². The molecule has 0 saturated heterocycles. The summed E-state index contributed by atoms with van der Waals surface area (Å²) in [4.78, 5) is 10.8. The van der Waals surface area contributed by atoms with Crippen molar-refractivity contribution in [2.75, 3.05) is 6.54 Å². The van der Waals surface area contributed by atoms with Crippen LogP contribution in [0.4, 0.5) is 0 Å². The Morgan fingerprint density at radius 2 is 2.31 bits per heavy atom. The Labute approximate surface area is 79.8 Å². The Hall–Kier alpha value is -0.830. The fourth-order valence-corrected chi connectivity index (χ4v) is 0.963. The number of allylic oxidation sites excluding steroid dienone is 1. The van der Waals surface area contributed by atoms with Crippen molar-refractivity contribution >= 4 is 5.97 Å². The topological polar surface area (TPSA) is 49.3 Å². The van der Waals surface area contributed by atoms with Crippen LogP contribution in [0, 0.1) is 0 Å². The second-order valence-electron chi connectivity index (χ2n) is 3.35. The molecule has 0 bridgehead atoms. The lowest BCUT2D eigenvalue weighted by Crippen LogP contribution is -2.49. The molecule has 13 heavy (non-hydrogen) atoms. The quantitative estimate of drug-likeness (QED) is 0.469. The number of nitrogens with one attached hydrogen (secondary N) is 1.